The van der Waals surface area contributed by atoms with E-state index in [0.29, 0.717) is 5.56 Å². The van der Waals surface area contributed by atoms with Crippen molar-refractivity contribution in [3.63, 3.8) is 0 Å². The van der Waals surface area contributed by atoms with Crippen molar-refractivity contribution in [3.05, 3.63) is 74.3 Å². The Morgan fingerprint density at radius 2 is 1.86 bits per heavy atom. The average Bonchev–Trinajstić information content (AvgIpc) is 2.72. The molecular weight excluding hydrogens is 382 g/mol. The summed E-state index contributed by atoms with van der Waals surface area (Å²) in [5, 5.41) is 13.5. The van der Waals surface area contributed by atoms with Gasteiger partial charge in [-0.05, 0) is 43.0 Å². The highest BCUT2D eigenvalue weighted by molar-refractivity contribution is 6.34. The second-order valence-corrected chi connectivity index (χ2v) is 7.06. The van der Waals surface area contributed by atoms with Gasteiger partial charge in [-0.25, -0.2) is 0 Å². The number of carbonyl (C=O) groups excluding carboxylic acids is 2. The van der Waals surface area contributed by atoms with Gasteiger partial charge in [-0.15, -0.1) is 0 Å². The largest absolute Gasteiger partial charge is 0.348 e. The van der Waals surface area contributed by atoms with Gasteiger partial charge in [0.25, 0.3) is 17.5 Å². The van der Waals surface area contributed by atoms with E-state index in [4.69, 9.17) is 11.6 Å². The molecule has 3 rings (SSSR count). The molecule has 28 heavy (non-hydrogen) atoms. The molecule has 1 N–H and O–H groups in total. The maximum Gasteiger partial charge on any atom is 0.270 e. The van der Waals surface area contributed by atoms with Crippen molar-refractivity contribution in [2.75, 3.05) is 13.1 Å². The minimum atomic E-state index is -0.571. The molecule has 0 saturated carbocycles. The molecule has 2 amide bonds. The summed E-state index contributed by atoms with van der Waals surface area (Å²) in [7, 11) is 0. The van der Waals surface area contributed by atoms with E-state index in [0.717, 1.165) is 44.0 Å². The van der Waals surface area contributed by atoms with Gasteiger partial charge in [-0.2, -0.15) is 0 Å². The molecular formula is C20H20ClN3O4. The predicted octanol–water partition coefficient (Wildman–Crippen LogP) is 3.80. The molecule has 0 atom stereocenters. The number of amides is 2. The van der Waals surface area contributed by atoms with Gasteiger partial charge in [0, 0.05) is 37.3 Å². The number of hydrogen-bond acceptors (Lipinski definition) is 4. The van der Waals surface area contributed by atoms with Gasteiger partial charge in [-0.3, -0.25) is 19.7 Å². The zero-order chi connectivity index (χ0) is 20.1. The molecule has 7 nitrogen and oxygen atoms in total. The number of non-ortho nitro benzene ring substituents is 1. The number of halogens is 1. The molecule has 1 saturated heterocycles. The molecule has 0 aliphatic carbocycles. The maximum absolute atomic E-state index is 12.6. The first kappa shape index (κ1) is 19.8. The van der Waals surface area contributed by atoms with E-state index in [1.54, 1.807) is 18.2 Å². The Balaban J connectivity index is 1.65. The second-order valence-electron chi connectivity index (χ2n) is 6.66. The fraction of sp³-hybridized carbons (Fsp3) is 0.300. The summed E-state index contributed by atoms with van der Waals surface area (Å²) < 4.78 is 0. The standard InChI is InChI=1S/C20H20ClN3O4/c21-18-12-16(24(27)28)7-8-17(18)19(25)22-13-14-5-4-6-15(11-14)20(26)23-9-2-1-3-10-23/h4-8,11-12H,1-3,9-10,13H2,(H,22,25). The number of nitro groups is 1. The molecule has 8 heteroatoms. The van der Waals surface area contributed by atoms with E-state index in [1.807, 2.05) is 11.0 Å². The van der Waals surface area contributed by atoms with Crippen molar-refractivity contribution >= 4 is 29.1 Å². The summed E-state index contributed by atoms with van der Waals surface area (Å²) in [6.07, 6.45) is 3.20. The highest BCUT2D eigenvalue weighted by Crippen LogP contribution is 2.22. The van der Waals surface area contributed by atoms with Crippen LogP contribution in [-0.2, 0) is 6.54 Å². The molecule has 1 fully saturated rings. The van der Waals surface area contributed by atoms with Crippen LogP contribution in [0.1, 0.15) is 45.5 Å². The van der Waals surface area contributed by atoms with Gasteiger partial charge in [0.15, 0.2) is 0 Å². The zero-order valence-corrected chi connectivity index (χ0v) is 15.9. The van der Waals surface area contributed by atoms with Gasteiger partial charge in [0.1, 0.15) is 0 Å². The third kappa shape index (κ3) is 4.67. The Bertz CT molecular complexity index is 910. The summed E-state index contributed by atoms with van der Waals surface area (Å²) >= 11 is 5.99. The lowest BCUT2D eigenvalue weighted by atomic mass is 10.1. The molecule has 146 valence electrons. The molecule has 2 aromatic rings. The van der Waals surface area contributed by atoms with Crippen molar-refractivity contribution in [2.24, 2.45) is 0 Å². The van der Waals surface area contributed by atoms with E-state index >= 15 is 0 Å². The van der Waals surface area contributed by atoms with Gasteiger partial charge in [0.2, 0.25) is 0 Å². The summed E-state index contributed by atoms with van der Waals surface area (Å²) in [4.78, 5) is 37.0. The van der Waals surface area contributed by atoms with E-state index in [-0.39, 0.29) is 28.7 Å². The number of piperidine rings is 1. The van der Waals surface area contributed by atoms with Gasteiger partial charge >= 0.3 is 0 Å². The number of carbonyl (C=O) groups is 2. The van der Waals surface area contributed by atoms with Gasteiger partial charge in [-0.1, -0.05) is 23.7 Å². The molecule has 1 aliphatic heterocycles. The van der Waals surface area contributed by atoms with E-state index in [9.17, 15) is 19.7 Å². The molecule has 0 bridgehead atoms. The minimum absolute atomic E-state index is 0.00582. The molecule has 0 radical (unpaired) electrons. The second kappa shape index (κ2) is 8.84. The third-order valence-corrected chi connectivity index (χ3v) is 4.99. The highest BCUT2D eigenvalue weighted by atomic mass is 35.5. The first-order chi connectivity index (χ1) is 13.5. The number of hydrogen-bond donors (Lipinski definition) is 1. The van der Waals surface area contributed by atoms with Crippen molar-refractivity contribution in [3.8, 4) is 0 Å². The van der Waals surface area contributed by atoms with Crippen LogP contribution in [0, 0.1) is 10.1 Å². The van der Waals surface area contributed by atoms with E-state index in [1.165, 1.54) is 12.1 Å². The molecule has 1 heterocycles. The van der Waals surface area contributed by atoms with Crippen LogP contribution < -0.4 is 5.32 Å². The van der Waals surface area contributed by atoms with Crippen LogP contribution in [0.5, 0.6) is 0 Å². The lowest BCUT2D eigenvalue weighted by Gasteiger charge is -2.26. The minimum Gasteiger partial charge on any atom is -0.348 e. The van der Waals surface area contributed by atoms with Crippen LogP contribution in [0.25, 0.3) is 0 Å². The SMILES string of the molecule is O=C(NCc1cccc(C(=O)N2CCCCC2)c1)c1ccc([N+](=O)[O-])cc1Cl. The average molecular weight is 402 g/mol. The highest BCUT2D eigenvalue weighted by Gasteiger charge is 2.19. The predicted molar refractivity (Wildman–Crippen MR) is 105 cm³/mol. The Morgan fingerprint density at radius 1 is 1.11 bits per heavy atom. The monoisotopic (exact) mass is 401 g/mol. The van der Waals surface area contributed by atoms with Crippen LogP contribution in [0.15, 0.2) is 42.5 Å². The number of nitro benzene ring substituents is 1. The number of nitrogens with zero attached hydrogens (tertiary/aromatic N) is 2. The first-order valence-corrected chi connectivity index (χ1v) is 9.44. The van der Waals surface area contributed by atoms with Gasteiger partial charge in [0.05, 0.1) is 15.5 Å². The fourth-order valence-electron chi connectivity index (χ4n) is 3.17. The number of nitrogens with one attached hydrogen (secondary N) is 1. The van der Waals surface area contributed by atoms with Crippen molar-refractivity contribution in [2.45, 2.75) is 25.8 Å². The van der Waals surface area contributed by atoms with Crippen LogP contribution in [0.3, 0.4) is 0 Å². The fourth-order valence-corrected chi connectivity index (χ4v) is 3.43. The van der Waals surface area contributed by atoms with E-state index < -0.39 is 10.8 Å². The zero-order valence-electron chi connectivity index (χ0n) is 15.2. The maximum atomic E-state index is 12.6. The summed E-state index contributed by atoms with van der Waals surface area (Å²) in [5.74, 6) is -0.432. The molecule has 0 spiro atoms. The van der Waals surface area contributed by atoms with Crippen LogP contribution in [0.2, 0.25) is 5.02 Å². The van der Waals surface area contributed by atoms with Crippen molar-refractivity contribution in [1.29, 1.82) is 0 Å². The van der Waals surface area contributed by atoms with Crippen LogP contribution >= 0.6 is 11.6 Å². The van der Waals surface area contributed by atoms with E-state index in [2.05, 4.69) is 5.32 Å². The number of benzene rings is 2. The van der Waals surface area contributed by atoms with Crippen molar-refractivity contribution in [1.82, 2.24) is 10.2 Å². The normalized spacial score (nSPS) is 13.8. The topological polar surface area (TPSA) is 92.6 Å². The summed E-state index contributed by atoms with van der Waals surface area (Å²) in [6.45, 7) is 1.77. The smallest absolute Gasteiger partial charge is 0.270 e. The first-order valence-electron chi connectivity index (χ1n) is 9.06. The summed E-state index contributed by atoms with van der Waals surface area (Å²) in [5.41, 5.74) is 1.37. The third-order valence-electron chi connectivity index (χ3n) is 4.68. The quantitative estimate of drug-likeness (QED) is 0.609. The van der Waals surface area contributed by atoms with Crippen molar-refractivity contribution < 1.29 is 14.5 Å². The molecule has 1 aliphatic rings. The Kier molecular flexibility index (Phi) is 6.26. The van der Waals surface area contributed by atoms with Gasteiger partial charge < -0.3 is 10.2 Å². The number of rotatable bonds is 5. The number of likely N-dealkylation sites (tertiary alicyclic amines) is 1. The molecule has 2 aromatic carbocycles. The Morgan fingerprint density at radius 3 is 2.54 bits per heavy atom. The summed E-state index contributed by atoms with van der Waals surface area (Å²) in [6, 6.07) is 10.9. The lowest BCUT2D eigenvalue weighted by Crippen LogP contribution is -2.35. The Hall–Kier alpha value is -2.93. The molecule has 0 unspecified atom stereocenters. The Labute approximate surface area is 167 Å². The van der Waals surface area contributed by atoms with Crippen LogP contribution in [-0.4, -0.2) is 34.7 Å². The lowest BCUT2D eigenvalue weighted by molar-refractivity contribution is -0.384. The van der Waals surface area contributed by atoms with Crippen LogP contribution in [0.4, 0.5) is 5.69 Å². The molecule has 0 aromatic heterocycles.